The Balaban J connectivity index is 2.71. The summed E-state index contributed by atoms with van der Waals surface area (Å²) in [6.07, 6.45) is 0. The smallest absolute Gasteiger partial charge is 0.241 e. The Bertz CT molecular complexity index is 462. The van der Waals surface area contributed by atoms with Crippen LogP contribution in [0.15, 0.2) is 18.2 Å². The Hall–Kier alpha value is -1.62. The van der Waals surface area contributed by atoms with E-state index in [-0.39, 0.29) is 17.6 Å². The lowest BCUT2D eigenvalue weighted by Gasteiger charge is -2.28. The van der Waals surface area contributed by atoms with E-state index in [4.69, 9.17) is 5.73 Å². The van der Waals surface area contributed by atoms with E-state index in [1.165, 1.54) is 18.2 Å². The zero-order valence-electron chi connectivity index (χ0n) is 12.6. The molecule has 4 nitrogen and oxygen atoms in total. The summed E-state index contributed by atoms with van der Waals surface area (Å²) < 4.78 is 13.1. The molecule has 112 valence electrons. The highest BCUT2D eigenvalue weighted by molar-refractivity contribution is 5.94. The summed E-state index contributed by atoms with van der Waals surface area (Å²) in [4.78, 5) is 14.3. The van der Waals surface area contributed by atoms with Crippen LogP contribution in [0.4, 0.5) is 15.8 Å². The Morgan fingerprint density at radius 2 is 2.05 bits per heavy atom. The summed E-state index contributed by atoms with van der Waals surface area (Å²) in [6.45, 7) is 9.80. The van der Waals surface area contributed by atoms with E-state index in [9.17, 15) is 9.18 Å². The fourth-order valence-corrected chi connectivity index (χ4v) is 2.06. The molecule has 0 saturated carbocycles. The van der Waals surface area contributed by atoms with Gasteiger partial charge in [0.25, 0.3) is 0 Å². The minimum absolute atomic E-state index is 0.0324. The molecule has 1 rings (SSSR count). The third kappa shape index (κ3) is 4.49. The molecule has 20 heavy (non-hydrogen) atoms. The molecule has 0 fully saturated rings. The Morgan fingerprint density at radius 1 is 1.40 bits per heavy atom. The second-order valence-corrected chi connectivity index (χ2v) is 5.38. The fourth-order valence-electron chi connectivity index (χ4n) is 2.06. The molecule has 5 heteroatoms. The lowest BCUT2D eigenvalue weighted by Crippen LogP contribution is -2.43. The number of hydrogen-bond acceptors (Lipinski definition) is 3. The van der Waals surface area contributed by atoms with Gasteiger partial charge in [0.1, 0.15) is 5.82 Å². The zero-order valence-corrected chi connectivity index (χ0v) is 12.6. The first-order valence-corrected chi connectivity index (χ1v) is 6.95. The summed E-state index contributed by atoms with van der Waals surface area (Å²) >= 11 is 0. The molecule has 1 aromatic rings. The van der Waals surface area contributed by atoms with Crippen LogP contribution in [-0.2, 0) is 4.79 Å². The number of amides is 1. The molecule has 0 aliphatic rings. The molecule has 0 heterocycles. The van der Waals surface area contributed by atoms with Crippen LogP contribution in [0.1, 0.15) is 27.7 Å². The van der Waals surface area contributed by atoms with E-state index in [0.717, 1.165) is 13.1 Å². The molecular weight excluding hydrogens is 257 g/mol. The van der Waals surface area contributed by atoms with E-state index in [1.54, 1.807) is 0 Å². The number of nitrogens with one attached hydrogen (secondary N) is 1. The summed E-state index contributed by atoms with van der Waals surface area (Å²) in [5.74, 6) is -0.101. The lowest BCUT2D eigenvalue weighted by molar-refractivity contribution is -0.120. The first kappa shape index (κ1) is 16.4. The van der Waals surface area contributed by atoms with E-state index >= 15 is 0 Å². The number of nitrogen functional groups attached to an aromatic ring is 1. The van der Waals surface area contributed by atoms with Gasteiger partial charge >= 0.3 is 0 Å². The minimum Gasteiger partial charge on any atom is -0.396 e. The molecule has 1 amide bonds. The maximum Gasteiger partial charge on any atom is 0.241 e. The van der Waals surface area contributed by atoms with Gasteiger partial charge in [0, 0.05) is 12.2 Å². The van der Waals surface area contributed by atoms with E-state index in [2.05, 4.69) is 24.1 Å². The number of likely N-dealkylation sites (N-methyl/N-ethyl adjacent to an activating group) is 1. The number of nitrogens with two attached hydrogens (primary N) is 1. The molecule has 0 aliphatic carbocycles. The Kier molecular flexibility index (Phi) is 5.95. The maximum absolute atomic E-state index is 13.1. The van der Waals surface area contributed by atoms with Crippen molar-refractivity contribution < 1.29 is 9.18 Å². The molecule has 1 atom stereocenters. The number of rotatable bonds is 6. The number of benzene rings is 1. The van der Waals surface area contributed by atoms with Crippen LogP contribution in [0.2, 0.25) is 0 Å². The highest BCUT2D eigenvalue weighted by Crippen LogP contribution is 2.17. The van der Waals surface area contributed by atoms with Crippen LogP contribution in [0.25, 0.3) is 0 Å². The third-order valence-electron chi connectivity index (χ3n) is 3.20. The van der Waals surface area contributed by atoms with Crippen molar-refractivity contribution in [2.45, 2.75) is 33.7 Å². The van der Waals surface area contributed by atoms with Crippen molar-refractivity contribution in [3.05, 3.63) is 24.0 Å². The van der Waals surface area contributed by atoms with Gasteiger partial charge in [-0.1, -0.05) is 20.8 Å². The van der Waals surface area contributed by atoms with Crippen molar-refractivity contribution >= 4 is 17.3 Å². The van der Waals surface area contributed by atoms with E-state index in [0.29, 0.717) is 11.6 Å². The van der Waals surface area contributed by atoms with Crippen LogP contribution >= 0.6 is 0 Å². The van der Waals surface area contributed by atoms with E-state index < -0.39 is 5.82 Å². The molecule has 1 aromatic carbocycles. The van der Waals surface area contributed by atoms with Gasteiger partial charge in [-0.25, -0.2) is 4.39 Å². The van der Waals surface area contributed by atoms with Crippen LogP contribution < -0.4 is 11.1 Å². The average molecular weight is 281 g/mol. The summed E-state index contributed by atoms with van der Waals surface area (Å²) in [5, 5.41) is 2.77. The molecular formula is C15H24FN3O. The standard InChI is InChI=1S/C15H24FN3O/c1-5-19(9-10(2)3)11(4)15(20)18-12-6-7-13(16)14(17)8-12/h6-8,10-11H,5,9,17H2,1-4H3,(H,18,20). The van der Waals surface area contributed by atoms with Crippen molar-refractivity contribution in [1.82, 2.24) is 4.90 Å². The van der Waals surface area contributed by atoms with Gasteiger partial charge in [-0.3, -0.25) is 9.69 Å². The van der Waals surface area contributed by atoms with Gasteiger partial charge in [0.05, 0.1) is 11.7 Å². The van der Waals surface area contributed by atoms with Crippen LogP contribution in [0.3, 0.4) is 0 Å². The minimum atomic E-state index is -0.481. The number of hydrogen-bond donors (Lipinski definition) is 2. The van der Waals surface area contributed by atoms with Crippen LogP contribution in [0.5, 0.6) is 0 Å². The van der Waals surface area contributed by atoms with Crippen molar-refractivity contribution in [2.75, 3.05) is 24.1 Å². The second kappa shape index (κ2) is 7.24. The monoisotopic (exact) mass is 281 g/mol. The van der Waals surface area contributed by atoms with Gasteiger partial charge in [-0.05, 0) is 37.6 Å². The predicted octanol–water partition coefficient (Wildman–Crippen LogP) is 2.71. The molecule has 0 spiro atoms. The van der Waals surface area contributed by atoms with Gasteiger partial charge < -0.3 is 11.1 Å². The number of halogens is 1. The molecule has 1 unspecified atom stereocenters. The molecule has 0 radical (unpaired) electrons. The summed E-state index contributed by atoms with van der Waals surface area (Å²) in [7, 11) is 0. The largest absolute Gasteiger partial charge is 0.396 e. The SMILES string of the molecule is CCN(CC(C)C)C(C)C(=O)Nc1ccc(F)c(N)c1. The molecule has 0 bridgehead atoms. The predicted molar refractivity (Wildman–Crippen MR) is 81.0 cm³/mol. The van der Waals surface area contributed by atoms with Gasteiger partial charge in [0.2, 0.25) is 5.91 Å². The van der Waals surface area contributed by atoms with Crippen molar-refractivity contribution in [1.29, 1.82) is 0 Å². The van der Waals surface area contributed by atoms with E-state index in [1.807, 2.05) is 13.8 Å². The summed E-state index contributed by atoms with van der Waals surface area (Å²) in [6, 6.07) is 3.95. The first-order valence-electron chi connectivity index (χ1n) is 6.95. The topological polar surface area (TPSA) is 58.4 Å². The lowest BCUT2D eigenvalue weighted by atomic mass is 10.1. The zero-order chi connectivity index (χ0) is 15.3. The number of carbonyl (C=O) groups is 1. The van der Waals surface area contributed by atoms with Crippen LogP contribution in [0, 0.1) is 11.7 Å². The fraction of sp³-hybridized carbons (Fsp3) is 0.533. The normalized spacial score (nSPS) is 12.8. The number of nitrogens with zero attached hydrogens (tertiary/aromatic N) is 1. The number of carbonyl (C=O) groups excluding carboxylic acids is 1. The van der Waals surface area contributed by atoms with Gasteiger partial charge in [-0.15, -0.1) is 0 Å². The van der Waals surface area contributed by atoms with Gasteiger partial charge in [-0.2, -0.15) is 0 Å². The molecule has 0 aliphatic heterocycles. The number of anilines is 2. The third-order valence-corrected chi connectivity index (χ3v) is 3.20. The maximum atomic E-state index is 13.1. The molecule has 3 N–H and O–H groups in total. The Morgan fingerprint density at radius 3 is 2.55 bits per heavy atom. The highest BCUT2D eigenvalue weighted by Gasteiger charge is 2.20. The van der Waals surface area contributed by atoms with Gasteiger partial charge in [0.15, 0.2) is 0 Å². The second-order valence-electron chi connectivity index (χ2n) is 5.38. The highest BCUT2D eigenvalue weighted by atomic mass is 19.1. The quantitative estimate of drug-likeness (QED) is 0.788. The Labute approximate surface area is 120 Å². The van der Waals surface area contributed by atoms with Crippen molar-refractivity contribution in [3.63, 3.8) is 0 Å². The summed E-state index contributed by atoms with van der Waals surface area (Å²) in [5.41, 5.74) is 6.04. The molecule has 0 saturated heterocycles. The van der Waals surface area contributed by atoms with Crippen molar-refractivity contribution in [3.8, 4) is 0 Å². The first-order chi connectivity index (χ1) is 9.35. The average Bonchev–Trinajstić information content (AvgIpc) is 2.39. The van der Waals surface area contributed by atoms with Crippen molar-refractivity contribution in [2.24, 2.45) is 5.92 Å². The van der Waals surface area contributed by atoms with Crippen LogP contribution in [-0.4, -0.2) is 29.9 Å². The molecule has 0 aromatic heterocycles.